The standard InChI is InChI=1S/C13H14N4O3/c1-2-19-12(18)9-4-5-11-10(8-9)16-13(20-11)17(15)7-3-6-14/h4-5,8H,2-3,7,15H2,1H3. The van der Waals surface area contributed by atoms with Crippen molar-refractivity contribution >= 4 is 23.1 Å². The van der Waals surface area contributed by atoms with Crippen molar-refractivity contribution in [1.29, 1.82) is 5.26 Å². The van der Waals surface area contributed by atoms with Crippen LogP contribution >= 0.6 is 0 Å². The molecule has 0 amide bonds. The number of ether oxygens (including phenoxy) is 1. The van der Waals surface area contributed by atoms with E-state index >= 15 is 0 Å². The molecule has 0 fully saturated rings. The highest BCUT2D eigenvalue weighted by atomic mass is 16.5. The number of hydrazine groups is 1. The van der Waals surface area contributed by atoms with Crippen LogP contribution in [0.1, 0.15) is 23.7 Å². The molecule has 1 aromatic heterocycles. The Morgan fingerprint density at radius 2 is 2.40 bits per heavy atom. The largest absolute Gasteiger partial charge is 0.462 e. The minimum absolute atomic E-state index is 0.205. The quantitative estimate of drug-likeness (QED) is 0.501. The Morgan fingerprint density at radius 3 is 3.10 bits per heavy atom. The van der Waals surface area contributed by atoms with Gasteiger partial charge in [0, 0.05) is 0 Å². The van der Waals surface area contributed by atoms with Gasteiger partial charge >= 0.3 is 12.0 Å². The first-order chi connectivity index (χ1) is 9.65. The Kier molecular flexibility index (Phi) is 4.17. The summed E-state index contributed by atoms with van der Waals surface area (Å²) in [6, 6.07) is 7.01. The van der Waals surface area contributed by atoms with Gasteiger partial charge in [-0.05, 0) is 25.1 Å². The number of aromatic nitrogens is 1. The molecule has 2 N–H and O–H groups in total. The molecule has 104 valence electrons. The molecule has 1 heterocycles. The van der Waals surface area contributed by atoms with Gasteiger partial charge in [0.25, 0.3) is 0 Å². The van der Waals surface area contributed by atoms with Gasteiger partial charge in [0.15, 0.2) is 5.58 Å². The molecular weight excluding hydrogens is 260 g/mol. The van der Waals surface area contributed by atoms with E-state index in [0.717, 1.165) is 0 Å². The van der Waals surface area contributed by atoms with E-state index in [1.165, 1.54) is 5.01 Å². The first-order valence-corrected chi connectivity index (χ1v) is 6.12. The van der Waals surface area contributed by atoms with Crippen LogP contribution in [0.25, 0.3) is 11.1 Å². The zero-order valence-corrected chi connectivity index (χ0v) is 11.0. The van der Waals surface area contributed by atoms with Crippen LogP contribution in [-0.2, 0) is 4.74 Å². The second kappa shape index (κ2) is 6.04. The molecule has 7 nitrogen and oxygen atoms in total. The van der Waals surface area contributed by atoms with Crippen molar-refractivity contribution in [3.8, 4) is 6.07 Å². The molecule has 2 rings (SSSR count). The molecule has 0 aliphatic heterocycles. The number of nitrogens with zero attached hydrogens (tertiary/aromatic N) is 3. The molecule has 0 aliphatic rings. The number of hydrogen-bond donors (Lipinski definition) is 1. The number of rotatable bonds is 5. The summed E-state index contributed by atoms with van der Waals surface area (Å²) >= 11 is 0. The van der Waals surface area contributed by atoms with Gasteiger partial charge in [-0.1, -0.05) is 0 Å². The number of carbonyl (C=O) groups excluding carboxylic acids is 1. The van der Waals surface area contributed by atoms with E-state index in [1.807, 2.05) is 6.07 Å². The topological polar surface area (TPSA) is 105 Å². The van der Waals surface area contributed by atoms with Crippen LogP contribution in [0.4, 0.5) is 6.01 Å². The number of benzene rings is 1. The molecule has 0 unspecified atom stereocenters. The molecule has 0 radical (unpaired) electrons. The molecule has 2 aromatic rings. The van der Waals surface area contributed by atoms with E-state index in [9.17, 15) is 4.79 Å². The number of fused-ring (bicyclic) bond motifs is 1. The van der Waals surface area contributed by atoms with Gasteiger partial charge in [-0.15, -0.1) is 0 Å². The fourth-order valence-corrected chi connectivity index (χ4v) is 1.65. The van der Waals surface area contributed by atoms with Crippen molar-refractivity contribution < 1.29 is 13.9 Å². The van der Waals surface area contributed by atoms with Gasteiger partial charge in [-0.2, -0.15) is 10.2 Å². The summed E-state index contributed by atoms with van der Waals surface area (Å²) in [5.74, 6) is 5.32. The maximum Gasteiger partial charge on any atom is 0.338 e. The summed E-state index contributed by atoms with van der Waals surface area (Å²) in [5, 5.41) is 9.77. The van der Waals surface area contributed by atoms with Crippen LogP contribution < -0.4 is 10.9 Å². The number of carbonyl (C=O) groups is 1. The molecule has 0 atom stereocenters. The zero-order valence-electron chi connectivity index (χ0n) is 11.0. The third-order valence-electron chi connectivity index (χ3n) is 2.60. The van der Waals surface area contributed by atoms with Crippen molar-refractivity contribution in [2.75, 3.05) is 18.2 Å². The van der Waals surface area contributed by atoms with Gasteiger partial charge in [-0.3, -0.25) is 5.01 Å². The highest BCUT2D eigenvalue weighted by Crippen LogP contribution is 2.22. The Hall–Kier alpha value is -2.59. The lowest BCUT2D eigenvalue weighted by Gasteiger charge is -2.10. The second-order valence-corrected chi connectivity index (χ2v) is 4.00. The number of anilines is 1. The van der Waals surface area contributed by atoms with Gasteiger partial charge < -0.3 is 9.15 Å². The fraction of sp³-hybridized carbons (Fsp3) is 0.308. The molecule has 0 saturated heterocycles. The molecule has 0 bridgehead atoms. The van der Waals surface area contributed by atoms with Crippen LogP contribution in [0.2, 0.25) is 0 Å². The maximum atomic E-state index is 11.6. The van der Waals surface area contributed by atoms with E-state index in [-0.39, 0.29) is 12.4 Å². The monoisotopic (exact) mass is 274 g/mol. The molecule has 0 saturated carbocycles. The number of nitrogens with two attached hydrogens (primary N) is 1. The normalized spacial score (nSPS) is 10.2. The number of nitriles is 1. The molecule has 0 aliphatic carbocycles. The minimum atomic E-state index is -0.409. The summed E-state index contributed by atoms with van der Waals surface area (Å²) in [4.78, 5) is 15.8. The molecular formula is C13H14N4O3. The lowest BCUT2D eigenvalue weighted by atomic mass is 10.2. The Balaban J connectivity index is 2.26. The zero-order chi connectivity index (χ0) is 14.5. The summed E-state index contributed by atoms with van der Waals surface area (Å²) in [5.41, 5.74) is 1.43. The minimum Gasteiger partial charge on any atom is -0.462 e. The van der Waals surface area contributed by atoms with Crippen LogP contribution in [0.3, 0.4) is 0 Å². The van der Waals surface area contributed by atoms with E-state index < -0.39 is 5.97 Å². The van der Waals surface area contributed by atoms with E-state index in [0.29, 0.717) is 29.8 Å². The third-order valence-corrected chi connectivity index (χ3v) is 2.60. The third kappa shape index (κ3) is 2.87. The van der Waals surface area contributed by atoms with Gasteiger partial charge in [0.2, 0.25) is 0 Å². The average molecular weight is 274 g/mol. The first kappa shape index (κ1) is 13.8. The summed E-state index contributed by atoms with van der Waals surface area (Å²) in [7, 11) is 0. The van der Waals surface area contributed by atoms with Crippen LogP contribution in [0.5, 0.6) is 0 Å². The summed E-state index contributed by atoms with van der Waals surface area (Å²) in [6.45, 7) is 2.37. The van der Waals surface area contributed by atoms with Crippen molar-refractivity contribution in [3.63, 3.8) is 0 Å². The van der Waals surface area contributed by atoms with Crippen LogP contribution in [0.15, 0.2) is 22.6 Å². The number of esters is 1. The average Bonchev–Trinajstić information content (AvgIpc) is 2.87. The Labute approximate surface area is 115 Å². The summed E-state index contributed by atoms with van der Waals surface area (Å²) in [6.07, 6.45) is 0.267. The highest BCUT2D eigenvalue weighted by Gasteiger charge is 2.13. The Bertz CT molecular complexity index is 659. The number of hydrogen-bond acceptors (Lipinski definition) is 7. The van der Waals surface area contributed by atoms with E-state index in [2.05, 4.69) is 4.98 Å². The predicted octanol–water partition coefficient (Wildman–Crippen LogP) is 1.60. The molecule has 0 spiro atoms. The highest BCUT2D eigenvalue weighted by molar-refractivity contribution is 5.93. The fourth-order valence-electron chi connectivity index (χ4n) is 1.65. The van der Waals surface area contributed by atoms with Gasteiger partial charge in [-0.25, -0.2) is 10.6 Å². The van der Waals surface area contributed by atoms with Gasteiger partial charge in [0.05, 0.1) is 31.2 Å². The first-order valence-electron chi connectivity index (χ1n) is 6.12. The Morgan fingerprint density at radius 1 is 1.60 bits per heavy atom. The van der Waals surface area contributed by atoms with Crippen molar-refractivity contribution in [1.82, 2.24) is 4.98 Å². The van der Waals surface area contributed by atoms with Gasteiger partial charge in [0.1, 0.15) is 5.52 Å². The molecule has 1 aromatic carbocycles. The summed E-state index contributed by atoms with van der Waals surface area (Å²) < 4.78 is 10.4. The van der Waals surface area contributed by atoms with Crippen molar-refractivity contribution in [2.24, 2.45) is 5.84 Å². The predicted molar refractivity (Wildman–Crippen MR) is 71.7 cm³/mol. The molecule has 7 heteroatoms. The van der Waals surface area contributed by atoms with Crippen LogP contribution in [-0.4, -0.2) is 24.1 Å². The second-order valence-electron chi connectivity index (χ2n) is 4.00. The smallest absolute Gasteiger partial charge is 0.338 e. The number of oxazole rings is 1. The van der Waals surface area contributed by atoms with E-state index in [4.69, 9.17) is 20.3 Å². The van der Waals surface area contributed by atoms with Crippen molar-refractivity contribution in [3.05, 3.63) is 23.8 Å². The van der Waals surface area contributed by atoms with Crippen molar-refractivity contribution in [2.45, 2.75) is 13.3 Å². The van der Waals surface area contributed by atoms with E-state index in [1.54, 1.807) is 25.1 Å². The maximum absolute atomic E-state index is 11.6. The lowest BCUT2D eigenvalue weighted by molar-refractivity contribution is 0.0526. The lowest BCUT2D eigenvalue weighted by Crippen LogP contribution is -2.31. The van der Waals surface area contributed by atoms with Crippen LogP contribution in [0, 0.1) is 11.3 Å². The molecule has 20 heavy (non-hydrogen) atoms. The SMILES string of the molecule is CCOC(=O)c1ccc2oc(N(N)CCC#N)nc2c1.